The molecule has 0 fully saturated rings. The second-order valence-corrected chi connectivity index (χ2v) is 5.39. The van der Waals surface area contributed by atoms with Gasteiger partial charge in [0, 0.05) is 0 Å². The van der Waals surface area contributed by atoms with Crippen molar-refractivity contribution in [3.05, 3.63) is 0 Å². The number of alkyl halides is 1. The second-order valence-electron chi connectivity index (χ2n) is 1.58. The highest BCUT2D eigenvalue weighted by molar-refractivity contribution is 7.88. The quantitative estimate of drug-likeness (QED) is 0.385. The van der Waals surface area contributed by atoms with Gasteiger partial charge >= 0.3 is 7.60 Å². The summed E-state index contributed by atoms with van der Waals surface area (Å²) < 4.78 is 34.6. The van der Waals surface area contributed by atoms with Crippen molar-refractivity contribution in [3.8, 4) is 0 Å². The van der Waals surface area contributed by atoms with Crippen LogP contribution in [0.1, 0.15) is 0 Å². The molecule has 0 heterocycles. The second kappa shape index (κ2) is 3.84. The van der Waals surface area contributed by atoms with Crippen LogP contribution in [0.3, 0.4) is 0 Å². The Balaban J connectivity index is 4.02. The Morgan fingerprint density at radius 2 is 1.91 bits per heavy atom. The first kappa shape index (κ1) is 11.4. The minimum Gasteiger partial charge on any atom is -0.323 e. The summed E-state index contributed by atoms with van der Waals surface area (Å²) in [7, 11) is -8.41. The monoisotopic (exact) mass is 224 g/mol. The highest BCUT2D eigenvalue weighted by atomic mass is 35.5. The zero-order valence-electron chi connectivity index (χ0n) is 5.18. The van der Waals surface area contributed by atoms with E-state index in [9.17, 15) is 13.0 Å². The van der Waals surface area contributed by atoms with Gasteiger partial charge in [-0.05, 0) is 0 Å². The predicted molar refractivity (Wildman–Crippen MR) is 37.6 cm³/mol. The lowest BCUT2D eigenvalue weighted by Gasteiger charge is -2.02. The Morgan fingerprint density at radius 1 is 1.45 bits per heavy atom. The third-order valence-corrected chi connectivity index (χ3v) is 2.72. The summed E-state index contributed by atoms with van der Waals surface area (Å²) in [6.45, 7) is 0. The summed E-state index contributed by atoms with van der Waals surface area (Å²) in [5.41, 5.74) is 0. The summed E-state index contributed by atoms with van der Waals surface area (Å²) in [4.78, 5) is 16.3. The van der Waals surface area contributed by atoms with Crippen molar-refractivity contribution in [1.82, 2.24) is 0 Å². The van der Waals surface area contributed by atoms with Crippen LogP contribution in [0.5, 0.6) is 0 Å². The van der Waals surface area contributed by atoms with Crippen LogP contribution in [0.4, 0.5) is 0 Å². The van der Waals surface area contributed by atoms with Gasteiger partial charge in [-0.1, -0.05) is 0 Å². The minimum absolute atomic E-state index is 0.826. The van der Waals surface area contributed by atoms with E-state index >= 15 is 0 Å². The van der Waals surface area contributed by atoms with Crippen molar-refractivity contribution in [2.24, 2.45) is 0 Å². The topological polar surface area (TPSA) is 101 Å². The first-order valence-corrected chi connectivity index (χ1v) is 6.15. The normalized spacial score (nSPS) is 13.4. The Morgan fingerprint density at radius 3 is 2.18 bits per heavy atom. The van der Waals surface area contributed by atoms with E-state index in [0.29, 0.717) is 0 Å². The molecule has 0 aliphatic rings. The molecule has 11 heavy (non-hydrogen) atoms. The maximum atomic E-state index is 10.3. The Bertz CT molecular complexity index is 252. The van der Waals surface area contributed by atoms with Gasteiger partial charge < -0.3 is 9.79 Å². The molecule has 68 valence electrons. The Kier molecular flexibility index (Phi) is 3.96. The average Bonchev–Trinajstić information content (AvgIpc) is 1.83. The molecule has 0 amide bonds. The van der Waals surface area contributed by atoms with Gasteiger partial charge in [-0.3, -0.25) is 8.75 Å². The van der Waals surface area contributed by atoms with Gasteiger partial charge in [0.05, 0.1) is 0 Å². The van der Waals surface area contributed by atoms with Gasteiger partial charge in [-0.25, -0.2) is 0 Å². The van der Waals surface area contributed by atoms with E-state index in [1.54, 1.807) is 0 Å². The lowest BCUT2D eigenvalue weighted by molar-refractivity contribution is 0.302. The minimum atomic E-state index is -4.44. The third kappa shape index (κ3) is 6.74. The van der Waals surface area contributed by atoms with E-state index in [1.807, 2.05) is 0 Å². The van der Waals surface area contributed by atoms with Crippen LogP contribution in [0.2, 0.25) is 0 Å². The fourth-order valence-corrected chi connectivity index (χ4v) is 1.62. The van der Waals surface area contributed by atoms with Crippen molar-refractivity contribution < 1.29 is 27.0 Å². The van der Waals surface area contributed by atoms with E-state index in [1.165, 1.54) is 0 Å². The number of rotatable bonds is 4. The molecule has 0 aromatic heterocycles. The molecule has 0 unspecified atom stereocenters. The van der Waals surface area contributed by atoms with Gasteiger partial charge in [0.25, 0.3) is 10.1 Å². The number of hydrogen-bond donors (Lipinski definition) is 2. The SMILES string of the molecule is O=P(O)(O)COS(=O)(=O)CCl. The summed E-state index contributed by atoms with van der Waals surface area (Å²) in [6.07, 6.45) is -1.16. The van der Waals surface area contributed by atoms with Gasteiger partial charge in [0.2, 0.25) is 0 Å². The molecule has 0 rings (SSSR count). The maximum absolute atomic E-state index is 10.3. The molecule has 0 aromatic carbocycles. The first-order valence-electron chi connectivity index (χ1n) is 2.24. The van der Waals surface area contributed by atoms with Gasteiger partial charge in [0.15, 0.2) is 6.35 Å². The van der Waals surface area contributed by atoms with E-state index in [2.05, 4.69) is 4.18 Å². The van der Waals surface area contributed by atoms with Crippen LogP contribution in [0.25, 0.3) is 0 Å². The van der Waals surface area contributed by atoms with Gasteiger partial charge in [-0.2, -0.15) is 8.42 Å². The molecule has 6 nitrogen and oxygen atoms in total. The van der Waals surface area contributed by atoms with Crippen molar-refractivity contribution >= 4 is 29.3 Å². The zero-order valence-corrected chi connectivity index (χ0v) is 7.64. The highest BCUT2D eigenvalue weighted by Gasteiger charge is 2.18. The molecular formula is C2H6ClO6PS. The zero-order chi connectivity index (χ0) is 9.12. The largest absolute Gasteiger partial charge is 0.352 e. The molecule has 0 spiro atoms. The van der Waals surface area contributed by atoms with E-state index in [4.69, 9.17) is 21.4 Å². The lowest BCUT2D eigenvalue weighted by atomic mass is 11.7. The molecule has 0 aliphatic carbocycles. The molecule has 0 saturated heterocycles. The number of hydrogen-bond acceptors (Lipinski definition) is 4. The van der Waals surface area contributed by atoms with E-state index in [-0.39, 0.29) is 0 Å². The van der Waals surface area contributed by atoms with Gasteiger partial charge in [-0.15, -0.1) is 11.6 Å². The highest BCUT2D eigenvalue weighted by Crippen LogP contribution is 2.34. The summed E-state index contributed by atoms with van der Waals surface area (Å²) in [5, 5.41) is -0.826. The summed E-state index contributed by atoms with van der Waals surface area (Å²) in [5.74, 6) is 0. The van der Waals surface area contributed by atoms with Crippen LogP contribution in [0, 0.1) is 0 Å². The van der Waals surface area contributed by atoms with Crippen LogP contribution in [-0.2, 0) is 18.9 Å². The smallest absolute Gasteiger partial charge is 0.323 e. The molecular weight excluding hydrogens is 219 g/mol. The van der Waals surface area contributed by atoms with Crippen LogP contribution in [-0.4, -0.2) is 29.8 Å². The average molecular weight is 225 g/mol. The fourth-order valence-electron chi connectivity index (χ4n) is 0.180. The van der Waals surface area contributed by atoms with Crippen molar-refractivity contribution in [2.45, 2.75) is 0 Å². The van der Waals surface area contributed by atoms with E-state index < -0.39 is 29.3 Å². The Hall–Kier alpha value is 0.350. The third-order valence-electron chi connectivity index (χ3n) is 0.534. The molecule has 0 radical (unpaired) electrons. The van der Waals surface area contributed by atoms with E-state index in [0.717, 1.165) is 0 Å². The van der Waals surface area contributed by atoms with Crippen molar-refractivity contribution in [1.29, 1.82) is 0 Å². The predicted octanol–water partition coefficient (Wildman–Crippen LogP) is -0.336. The van der Waals surface area contributed by atoms with Crippen LogP contribution in [0.15, 0.2) is 0 Å². The molecule has 0 atom stereocenters. The molecule has 0 aliphatic heterocycles. The maximum Gasteiger partial charge on any atom is 0.352 e. The van der Waals surface area contributed by atoms with Gasteiger partial charge in [0.1, 0.15) is 5.21 Å². The van der Waals surface area contributed by atoms with Crippen molar-refractivity contribution in [3.63, 3.8) is 0 Å². The fraction of sp³-hybridized carbons (Fsp3) is 1.00. The Labute approximate surface area is 68.4 Å². The van der Waals surface area contributed by atoms with Crippen molar-refractivity contribution in [2.75, 3.05) is 11.6 Å². The molecule has 0 saturated carbocycles. The standard InChI is InChI=1S/C2H6ClO6PS/c3-1-11(7,8)9-2-10(4,5)6/h1-2H2,(H2,4,5,6). The first-order chi connectivity index (χ1) is 4.77. The lowest BCUT2D eigenvalue weighted by Crippen LogP contribution is -2.07. The van der Waals surface area contributed by atoms with Crippen LogP contribution < -0.4 is 0 Å². The molecule has 0 aromatic rings. The summed E-state index contributed by atoms with van der Waals surface area (Å²) in [6, 6.07) is 0. The molecule has 9 heteroatoms. The molecule has 0 bridgehead atoms. The van der Waals surface area contributed by atoms with Crippen LogP contribution >= 0.6 is 19.2 Å². The number of halogens is 1. The molecule has 2 N–H and O–H groups in total. The summed E-state index contributed by atoms with van der Waals surface area (Å²) >= 11 is 4.86.